The number of rotatable bonds is 6. The Morgan fingerprint density at radius 1 is 1.17 bits per heavy atom. The third-order valence-electron chi connectivity index (χ3n) is 4.66. The van der Waals surface area contributed by atoms with Crippen molar-refractivity contribution in [2.24, 2.45) is 0 Å². The zero-order valence-corrected chi connectivity index (χ0v) is 17.0. The lowest BCUT2D eigenvalue weighted by Gasteiger charge is -2.19. The smallest absolute Gasteiger partial charge is 0.291 e. The Balaban J connectivity index is 1.96. The Labute approximate surface area is 167 Å². The lowest BCUT2D eigenvalue weighted by atomic mass is 10.1. The second-order valence-electron chi connectivity index (χ2n) is 6.42. The third-order valence-corrected chi connectivity index (χ3v) is 6.71. The average Bonchev–Trinajstić information content (AvgIpc) is 3.00. The van der Waals surface area contributed by atoms with Crippen molar-refractivity contribution in [2.45, 2.75) is 25.7 Å². The first-order chi connectivity index (χ1) is 13.7. The van der Waals surface area contributed by atoms with Crippen LogP contribution in [0.2, 0.25) is 0 Å². The van der Waals surface area contributed by atoms with Crippen LogP contribution in [0.3, 0.4) is 0 Å². The van der Waals surface area contributed by atoms with Gasteiger partial charge in [0.2, 0.25) is 10.0 Å². The normalized spacial score (nSPS) is 11.9. The van der Waals surface area contributed by atoms with Gasteiger partial charge in [-0.1, -0.05) is 13.8 Å². The number of hydrogen-bond donors (Lipinski definition) is 2. The number of nitrogens with one attached hydrogen (secondary N) is 1. The van der Waals surface area contributed by atoms with Crippen LogP contribution < -0.4 is 5.32 Å². The molecule has 0 bridgehead atoms. The predicted octanol–water partition coefficient (Wildman–Crippen LogP) is 3.87. The van der Waals surface area contributed by atoms with E-state index in [2.05, 4.69) is 5.32 Å². The Kier molecular flexibility index (Phi) is 5.63. The van der Waals surface area contributed by atoms with Crippen molar-refractivity contribution in [3.05, 3.63) is 53.5 Å². The number of anilines is 1. The molecule has 1 heterocycles. The van der Waals surface area contributed by atoms with Crippen LogP contribution in [0.25, 0.3) is 11.0 Å². The lowest BCUT2D eigenvalue weighted by Crippen LogP contribution is -2.30. The standard InChI is InChI=1S/C20H21FN2O5S/c1-4-23(5-2)29(26,27)14-7-8-17(24)16(11-14)22-20(25)19-12(3)15-10-13(21)6-9-18(15)28-19/h6-11,24H,4-5H2,1-3H3,(H,22,25). The fourth-order valence-corrected chi connectivity index (χ4v) is 4.56. The molecule has 0 atom stereocenters. The van der Waals surface area contributed by atoms with Crippen molar-refractivity contribution >= 4 is 32.6 Å². The number of fused-ring (bicyclic) bond motifs is 1. The molecular weight excluding hydrogens is 399 g/mol. The SMILES string of the molecule is CCN(CC)S(=O)(=O)c1ccc(O)c(NC(=O)c2oc3ccc(F)cc3c2C)c1. The third kappa shape index (κ3) is 3.83. The lowest BCUT2D eigenvalue weighted by molar-refractivity contribution is 0.0997. The van der Waals surface area contributed by atoms with E-state index in [1.807, 2.05) is 0 Å². The quantitative estimate of drug-likeness (QED) is 0.590. The van der Waals surface area contributed by atoms with E-state index in [0.29, 0.717) is 16.5 Å². The number of hydrogen-bond acceptors (Lipinski definition) is 5. The maximum Gasteiger partial charge on any atom is 0.291 e. The number of carbonyl (C=O) groups is 1. The highest BCUT2D eigenvalue weighted by Crippen LogP contribution is 2.30. The van der Waals surface area contributed by atoms with Gasteiger partial charge >= 0.3 is 0 Å². The second kappa shape index (κ2) is 7.84. The van der Waals surface area contributed by atoms with Crippen LogP contribution in [-0.4, -0.2) is 36.8 Å². The van der Waals surface area contributed by atoms with Gasteiger partial charge in [0, 0.05) is 24.0 Å². The fourth-order valence-electron chi connectivity index (χ4n) is 3.08. The molecule has 29 heavy (non-hydrogen) atoms. The van der Waals surface area contributed by atoms with Crippen molar-refractivity contribution in [2.75, 3.05) is 18.4 Å². The van der Waals surface area contributed by atoms with Gasteiger partial charge in [0.15, 0.2) is 5.76 Å². The van der Waals surface area contributed by atoms with Gasteiger partial charge in [-0.15, -0.1) is 0 Å². The highest BCUT2D eigenvalue weighted by molar-refractivity contribution is 7.89. The van der Waals surface area contributed by atoms with Crippen LogP contribution >= 0.6 is 0 Å². The zero-order chi connectivity index (χ0) is 21.3. The van der Waals surface area contributed by atoms with Crippen LogP contribution in [0.1, 0.15) is 30.0 Å². The number of amides is 1. The van der Waals surface area contributed by atoms with Gasteiger partial charge < -0.3 is 14.8 Å². The summed E-state index contributed by atoms with van der Waals surface area (Å²) in [7, 11) is -3.77. The monoisotopic (exact) mass is 420 g/mol. The Morgan fingerprint density at radius 2 is 1.86 bits per heavy atom. The first-order valence-electron chi connectivity index (χ1n) is 9.02. The number of halogens is 1. The molecule has 3 rings (SSSR count). The molecule has 1 amide bonds. The first-order valence-corrected chi connectivity index (χ1v) is 10.5. The minimum Gasteiger partial charge on any atom is -0.506 e. The highest BCUT2D eigenvalue weighted by Gasteiger charge is 2.24. The van der Waals surface area contributed by atoms with Crippen LogP contribution in [-0.2, 0) is 10.0 Å². The molecule has 9 heteroatoms. The molecule has 0 aliphatic carbocycles. The van der Waals surface area contributed by atoms with E-state index in [1.165, 1.54) is 40.7 Å². The molecule has 154 valence electrons. The molecule has 0 fully saturated rings. The Morgan fingerprint density at radius 3 is 2.52 bits per heavy atom. The Bertz CT molecular complexity index is 1180. The van der Waals surface area contributed by atoms with Crippen molar-refractivity contribution in [3.63, 3.8) is 0 Å². The van der Waals surface area contributed by atoms with Crippen LogP contribution in [0.5, 0.6) is 5.75 Å². The average molecular weight is 420 g/mol. The first kappa shape index (κ1) is 20.8. The summed E-state index contributed by atoms with van der Waals surface area (Å²) in [5.74, 6) is -1.49. The number of phenols is 1. The Hall–Kier alpha value is -2.91. The number of benzene rings is 2. The summed E-state index contributed by atoms with van der Waals surface area (Å²) >= 11 is 0. The summed E-state index contributed by atoms with van der Waals surface area (Å²) in [4.78, 5) is 12.6. The topological polar surface area (TPSA) is 99.9 Å². The molecule has 1 aromatic heterocycles. The number of sulfonamides is 1. The van der Waals surface area contributed by atoms with Gasteiger partial charge in [-0.25, -0.2) is 12.8 Å². The highest BCUT2D eigenvalue weighted by atomic mass is 32.2. The molecule has 2 aromatic carbocycles. The summed E-state index contributed by atoms with van der Waals surface area (Å²) < 4.78 is 45.6. The van der Waals surface area contributed by atoms with Gasteiger partial charge in [-0.2, -0.15) is 4.31 Å². The van der Waals surface area contributed by atoms with E-state index in [0.717, 1.165) is 0 Å². The number of aryl methyl sites for hydroxylation is 1. The molecule has 2 N–H and O–H groups in total. The maximum absolute atomic E-state index is 13.5. The fraction of sp³-hybridized carbons (Fsp3) is 0.250. The van der Waals surface area contributed by atoms with Gasteiger partial charge in [0.05, 0.1) is 10.6 Å². The molecule has 0 unspecified atom stereocenters. The number of carbonyl (C=O) groups excluding carboxylic acids is 1. The number of nitrogens with zero attached hydrogens (tertiary/aromatic N) is 1. The maximum atomic E-state index is 13.5. The summed E-state index contributed by atoms with van der Waals surface area (Å²) in [6, 6.07) is 7.57. The molecule has 3 aromatic rings. The molecule has 0 saturated heterocycles. The summed E-state index contributed by atoms with van der Waals surface area (Å²) in [5, 5.41) is 13.0. The second-order valence-corrected chi connectivity index (χ2v) is 8.36. The summed E-state index contributed by atoms with van der Waals surface area (Å²) in [6.07, 6.45) is 0. The minimum atomic E-state index is -3.77. The van der Waals surface area contributed by atoms with E-state index in [-0.39, 0.29) is 35.2 Å². The summed E-state index contributed by atoms with van der Waals surface area (Å²) in [5.41, 5.74) is 0.703. The molecule has 0 spiro atoms. The molecule has 0 saturated carbocycles. The minimum absolute atomic E-state index is 0.0537. The molecule has 7 nitrogen and oxygen atoms in total. The predicted molar refractivity (Wildman–Crippen MR) is 107 cm³/mol. The van der Waals surface area contributed by atoms with Gasteiger partial charge in [-0.3, -0.25) is 4.79 Å². The summed E-state index contributed by atoms with van der Waals surface area (Å²) in [6.45, 7) is 5.63. The zero-order valence-electron chi connectivity index (χ0n) is 16.2. The van der Waals surface area contributed by atoms with Crippen molar-refractivity contribution in [1.29, 1.82) is 0 Å². The van der Waals surface area contributed by atoms with Gasteiger partial charge in [0.1, 0.15) is 17.1 Å². The molecule has 0 aliphatic heterocycles. The van der Waals surface area contributed by atoms with E-state index < -0.39 is 21.7 Å². The number of furan rings is 1. The van der Waals surface area contributed by atoms with Gasteiger partial charge in [-0.05, 0) is 43.3 Å². The van der Waals surface area contributed by atoms with Crippen LogP contribution in [0, 0.1) is 12.7 Å². The van der Waals surface area contributed by atoms with Crippen molar-refractivity contribution in [3.8, 4) is 5.75 Å². The van der Waals surface area contributed by atoms with Crippen LogP contribution in [0.4, 0.5) is 10.1 Å². The molecular formula is C20H21FN2O5S. The molecule has 0 aliphatic rings. The number of aromatic hydroxyl groups is 1. The van der Waals surface area contributed by atoms with Crippen molar-refractivity contribution in [1.82, 2.24) is 4.31 Å². The molecule has 0 radical (unpaired) electrons. The van der Waals surface area contributed by atoms with E-state index in [9.17, 15) is 22.7 Å². The van der Waals surface area contributed by atoms with Crippen molar-refractivity contribution < 1.29 is 27.1 Å². The van der Waals surface area contributed by atoms with E-state index >= 15 is 0 Å². The van der Waals surface area contributed by atoms with Crippen LogP contribution in [0.15, 0.2) is 45.7 Å². The van der Waals surface area contributed by atoms with E-state index in [4.69, 9.17) is 4.42 Å². The number of phenolic OH excluding ortho intramolecular Hbond substituents is 1. The van der Waals surface area contributed by atoms with E-state index in [1.54, 1.807) is 20.8 Å². The van der Waals surface area contributed by atoms with Gasteiger partial charge in [0.25, 0.3) is 5.91 Å². The largest absolute Gasteiger partial charge is 0.506 e.